The van der Waals surface area contributed by atoms with E-state index in [0.717, 1.165) is 5.56 Å². The van der Waals surface area contributed by atoms with Gasteiger partial charge in [-0.3, -0.25) is 0 Å². The van der Waals surface area contributed by atoms with E-state index in [2.05, 4.69) is 0 Å². The summed E-state index contributed by atoms with van der Waals surface area (Å²) in [5, 5.41) is 20.9. The second kappa shape index (κ2) is 6.10. The van der Waals surface area contributed by atoms with Crippen molar-refractivity contribution >= 4 is 0 Å². The zero-order valence-corrected chi connectivity index (χ0v) is 13.3. The molecular weight excluding hydrogens is 296 g/mol. The number of aryl methyl sites for hydroxylation is 1. The topological polar surface area (TPSA) is 68.2 Å². The molecule has 1 aliphatic rings. The van der Waals surface area contributed by atoms with Gasteiger partial charge in [0.1, 0.15) is 18.0 Å². The maximum atomic E-state index is 10.5. The molecule has 3 atom stereocenters. The third kappa shape index (κ3) is 2.73. The third-order valence-electron chi connectivity index (χ3n) is 4.11. The zero-order chi connectivity index (χ0) is 16.6. The van der Waals surface area contributed by atoms with Crippen molar-refractivity contribution in [2.24, 2.45) is 0 Å². The second-order valence-corrected chi connectivity index (χ2v) is 5.63. The Kier molecular flexibility index (Phi) is 4.15. The maximum Gasteiger partial charge on any atom is 0.161 e. The largest absolute Gasteiger partial charge is 0.493 e. The van der Waals surface area contributed by atoms with E-state index in [1.807, 2.05) is 25.1 Å². The van der Waals surface area contributed by atoms with Gasteiger partial charge in [-0.15, -0.1) is 0 Å². The molecule has 5 heteroatoms. The fourth-order valence-electron chi connectivity index (χ4n) is 2.86. The number of aliphatic hydroxyl groups excluding tert-OH is 2. The number of fused-ring (bicyclic) bond motifs is 1. The van der Waals surface area contributed by atoms with Crippen LogP contribution in [0.4, 0.5) is 0 Å². The summed E-state index contributed by atoms with van der Waals surface area (Å²) in [6.45, 7) is 1.93. The van der Waals surface area contributed by atoms with Crippen molar-refractivity contribution < 1.29 is 24.4 Å². The molecule has 2 aromatic carbocycles. The molecule has 0 fully saturated rings. The van der Waals surface area contributed by atoms with E-state index in [9.17, 15) is 10.2 Å². The Bertz CT molecular complexity index is 713. The van der Waals surface area contributed by atoms with Crippen LogP contribution in [0.5, 0.6) is 17.2 Å². The highest BCUT2D eigenvalue weighted by Crippen LogP contribution is 2.42. The molecule has 0 aromatic heterocycles. The number of methoxy groups -OCH3 is 2. The summed E-state index contributed by atoms with van der Waals surface area (Å²) in [6.07, 6.45) is -2.75. The average Bonchev–Trinajstić information content (AvgIpc) is 2.58. The van der Waals surface area contributed by atoms with Crippen LogP contribution in [0.15, 0.2) is 36.4 Å². The smallest absolute Gasteiger partial charge is 0.161 e. The lowest BCUT2D eigenvalue weighted by Crippen LogP contribution is -2.34. The summed E-state index contributed by atoms with van der Waals surface area (Å²) in [6, 6.07) is 10.8. The van der Waals surface area contributed by atoms with Crippen LogP contribution in [-0.2, 0) is 0 Å². The lowest BCUT2D eigenvalue weighted by Gasteiger charge is -2.34. The number of aliphatic hydroxyl groups is 2. The van der Waals surface area contributed by atoms with Crippen molar-refractivity contribution in [2.45, 2.75) is 25.2 Å². The summed E-state index contributed by atoms with van der Waals surface area (Å²) in [5.41, 5.74) is 2.32. The lowest BCUT2D eigenvalue weighted by atomic mass is 9.91. The van der Waals surface area contributed by atoms with Crippen LogP contribution < -0.4 is 14.2 Å². The van der Waals surface area contributed by atoms with Gasteiger partial charge in [-0.25, -0.2) is 0 Å². The Morgan fingerprint density at radius 2 is 1.70 bits per heavy atom. The van der Waals surface area contributed by atoms with Crippen LogP contribution in [0.1, 0.15) is 28.9 Å². The van der Waals surface area contributed by atoms with Crippen molar-refractivity contribution in [1.29, 1.82) is 0 Å². The average molecular weight is 316 g/mol. The Balaban J connectivity index is 1.99. The minimum absolute atomic E-state index is 0.546. The van der Waals surface area contributed by atoms with Gasteiger partial charge in [0.15, 0.2) is 17.6 Å². The summed E-state index contributed by atoms with van der Waals surface area (Å²) in [5.74, 6) is 1.72. The molecule has 0 radical (unpaired) electrons. The highest BCUT2D eigenvalue weighted by atomic mass is 16.5. The first-order chi connectivity index (χ1) is 11.0. The first kappa shape index (κ1) is 15.6. The number of hydrogen-bond donors (Lipinski definition) is 2. The van der Waals surface area contributed by atoms with Crippen LogP contribution in [-0.4, -0.2) is 30.5 Å². The zero-order valence-electron chi connectivity index (χ0n) is 13.3. The lowest BCUT2D eigenvalue weighted by molar-refractivity contribution is -0.0700. The van der Waals surface area contributed by atoms with Crippen molar-refractivity contribution in [3.63, 3.8) is 0 Å². The molecule has 0 unspecified atom stereocenters. The van der Waals surface area contributed by atoms with Crippen LogP contribution in [0.25, 0.3) is 0 Å². The number of hydrogen-bond acceptors (Lipinski definition) is 5. The standard InChI is InChI=1S/C18H20O5/c1-10-4-6-13-12(8-10)16(19)17(20)18(23-13)11-5-7-14(21-2)15(9-11)22-3/h4-9,16-20H,1-3H3/t16-,17-,18-/m1/s1. The molecule has 2 aromatic rings. The Morgan fingerprint density at radius 3 is 2.39 bits per heavy atom. The number of rotatable bonds is 3. The van der Waals surface area contributed by atoms with Gasteiger partial charge in [0, 0.05) is 5.56 Å². The fourth-order valence-corrected chi connectivity index (χ4v) is 2.86. The van der Waals surface area contributed by atoms with E-state index in [1.54, 1.807) is 32.4 Å². The van der Waals surface area contributed by atoms with Crippen LogP contribution in [0.2, 0.25) is 0 Å². The highest BCUT2D eigenvalue weighted by molar-refractivity contribution is 5.46. The molecule has 5 nitrogen and oxygen atoms in total. The second-order valence-electron chi connectivity index (χ2n) is 5.63. The molecule has 2 N–H and O–H groups in total. The van der Waals surface area contributed by atoms with E-state index < -0.39 is 18.3 Å². The number of ether oxygens (including phenoxy) is 3. The van der Waals surface area contributed by atoms with E-state index >= 15 is 0 Å². The van der Waals surface area contributed by atoms with E-state index in [4.69, 9.17) is 14.2 Å². The van der Waals surface area contributed by atoms with Crippen LogP contribution in [0.3, 0.4) is 0 Å². The SMILES string of the molecule is COc1ccc([C@H]2Oc3ccc(C)cc3[C@@H](O)[C@H]2O)cc1OC. The van der Waals surface area contributed by atoms with Crippen LogP contribution >= 0.6 is 0 Å². The van der Waals surface area contributed by atoms with E-state index in [-0.39, 0.29) is 0 Å². The van der Waals surface area contributed by atoms with Crippen molar-refractivity contribution in [2.75, 3.05) is 14.2 Å². The summed E-state index contributed by atoms with van der Waals surface area (Å²) in [7, 11) is 3.11. The molecule has 0 amide bonds. The van der Waals surface area contributed by atoms with Gasteiger partial charge < -0.3 is 24.4 Å². The molecule has 1 aliphatic heterocycles. The molecule has 1 heterocycles. The van der Waals surface area contributed by atoms with Crippen molar-refractivity contribution in [3.8, 4) is 17.2 Å². The van der Waals surface area contributed by atoms with Crippen LogP contribution in [0, 0.1) is 6.92 Å². The molecular formula is C18H20O5. The van der Waals surface area contributed by atoms with Gasteiger partial charge in [0.2, 0.25) is 0 Å². The van der Waals surface area contributed by atoms with Gasteiger partial charge in [-0.05, 0) is 36.8 Å². The first-order valence-electron chi connectivity index (χ1n) is 7.40. The van der Waals surface area contributed by atoms with Gasteiger partial charge in [0.05, 0.1) is 14.2 Å². The Hall–Kier alpha value is -2.24. The van der Waals surface area contributed by atoms with Gasteiger partial charge in [0.25, 0.3) is 0 Å². The summed E-state index contributed by atoms with van der Waals surface area (Å²) < 4.78 is 16.4. The van der Waals surface area contributed by atoms with Gasteiger partial charge in [-0.2, -0.15) is 0 Å². The molecule has 3 rings (SSSR count). The minimum Gasteiger partial charge on any atom is -0.493 e. The van der Waals surface area contributed by atoms with Crippen molar-refractivity contribution in [1.82, 2.24) is 0 Å². The molecule has 0 spiro atoms. The molecule has 23 heavy (non-hydrogen) atoms. The van der Waals surface area contributed by atoms with Gasteiger partial charge >= 0.3 is 0 Å². The Morgan fingerprint density at radius 1 is 0.957 bits per heavy atom. The normalized spacial score (nSPS) is 22.9. The minimum atomic E-state index is -1.07. The summed E-state index contributed by atoms with van der Waals surface area (Å²) in [4.78, 5) is 0. The predicted octanol–water partition coefficient (Wildman–Crippen LogP) is 2.54. The third-order valence-corrected chi connectivity index (χ3v) is 4.11. The Labute approximate surface area is 135 Å². The predicted molar refractivity (Wildman–Crippen MR) is 85.1 cm³/mol. The summed E-state index contributed by atoms with van der Waals surface area (Å²) >= 11 is 0. The quantitative estimate of drug-likeness (QED) is 0.911. The first-order valence-corrected chi connectivity index (χ1v) is 7.40. The molecule has 122 valence electrons. The monoisotopic (exact) mass is 316 g/mol. The van der Waals surface area contributed by atoms with Crippen molar-refractivity contribution in [3.05, 3.63) is 53.1 Å². The molecule has 0 saturated carbocycles. The van der Waals surface area contributed by atoms with E-state index in [0.29, 0.717) is 28.4 Å². The highest BCUT2D eigenvalue weighted by Gasteiger charge is 2.37. The molecule has 0 saturated heterocycles. The maximum absolute atomic E-state index is 10.5. The molecule has 0 aliphatic carbocycles. The fraction of sp³-hybridized carbons (Fsp3) is 0.333. The molecule has 0 bridgehead atoms. The van der Waals surface area contributed by atoms with Gasteiger partial charge in [-0.1, -0.05) is 17.7 Å². The number of benzene rings is 2. The van der Waals surface area contributed by atoms with E-state index in [1.165, 1.54) is 0 Å².